The highest BCUT2D eigenvalue weighted by Gasteiger charge is 2.28. The van der Waals surface area contributed by atoms with Crippen LogP contribution < -0.4 is 15.2 Å². The number of amides is 1. The van der Waals surface area contributed by atoms with Gasteiger partial charge < -0.3 is 9.80 Å². The molecular formula is C20H22N4O. The summed E-state index contributed by atoms with van der Waals surface area (Å²) in [6, 6.07) is 17.4. The zero-order valence-electron chi connectivity index (χ0n) is 14.5. The van der Waals surface area contributed by atoms with E-state index in [-0.39, 0.29) is 5.91 Å². The van der Waals surface area contributed by atoms with Crippen molar-refractivity contribution in [2.24, 2.45) is 5.10 Å². The lowest BCUT2D eigenvalue weighted by Gasteiger charge is -2.22. The normalized spacial score (nSPS) is 13.3. The molecule has 1 aliphatic heterocycles. The number of anilines is 2. The topological polar surface area (TPSA) is 47.9 Å². The van der Waals surface area contributed by atoms with Gasteiger partial charge in [0.25, 0.3) is 5.91 Å². The van der Waals surface area contributed by atoms with E-state index in [1.165, 1.54) is 11.4 Å². The van der Waals surface area contributed by atoms with Crippen LogP contribution in [0.25, 0.3) is 0 Å². The molecule has 5 nitrogen and oxygen atoms in total. The first-order valence-electron chi connectivity index (χ1n) is 8.49. The third-order valence-electron chi connectivity index (χ3n) is 4.15. The zero-order valence-corrected chi connectivity index (χ0v) is 14.5. The minimum absolute atomic E-state index is 0.218. The van der Waals surface area contributed by atoms with E-state index in [1.807, 2.05) is 36.4 Å². The fourth-order valence-electron chi connectivity index (χ4n) is 3.01. The van der Waals surface area contributed by atoms with Crippen LogP contribution >= 0.6 is 0 Å². The Morgan fingerprint density at radius 1 is 0.960 bits per heavy atom. The lowest BCUT2D eigenvalue weighted by atomic mass is 10.2. The van der Waals surface area contributed by atoms with Crippen molar-refractivity contribution in [3.05, 3.63) is 72.1 Å². The van der Waals surface area contributed by atoms with Gasteiger partial charge in [0.05, 0.1) is 17.6 Å². The second-order valence-corrected chi connectivity index (χ2v) is 5.59. The smallest absolute Gasteiger partial charge is 0.271 e. The van der Waals surface area contributed by atoms with E-state index in [9.17, 15) is 4.79 Å². The first-order chi connectivity index (χ1) is 12.3. The Labute approximate surface area is 148 Å². The van der Waals surface area contributed by atoms with E-state index < -0.39 is 0 Å². The molecule has 0 aliphatic carbocycles. The molecule has 1 N–H and O–H groups in total. The Balaban J connectivity index is 1.75. The molecule has 5 heteroatoms. The third kappa shape index (κ3) is 3.40. The van der Waals surface area contributed by atoms with E-state index in [0.29, 0.717) is 5.56 Å². The van der Waals surface area contributed by atoms with Gasteiger partial charge >= 0.3 is 0 Å². The molecule has 0 atom stereocenters. The van der Waals surface area contributed by atoms with Crippen molar-refractivity contribution in [2.45, 2.75) is 13.8 Å². The summed E-state index contributed by atoms with van der Waals surface area (Å²) in [4.78, 5) is 16.5. The number of benzene rings is 2. The Kier molecular flexibility index (Phi) is 5.14. The van der Waals surface area contributed by atoms with E-state index >= 15 is 0 Å². The molecular weight excluding hydrogens is 312 g/mol. The number of fused-ring (bicyclic) bond motifs is 1. The summed E-state index contributed by atoms with van der Waals surface area (Å²) in [5.41, 5.74) is 5.54. The van der Waals surface area contributed by atoms with Crippen LogP contribution in [0.4, 0.5) is 11.4 Å². The monoisotopic (exact) mass is 334 g/mol. The molecule has 2 aromatic carbocycles. The Morgan fingerprint density at radius 2 is 1.52 bits per heavy atom. The summed E-state index contributed by atoms with van der Waals surface area (Å²) in [7, 11) is 0. The molecule has 0 spiro atoms. The summed E-state index contributed by atoms with van der Waals surface area (Å²) < 4.78 is 0. The van der Waals surface area contributed by atoms with Crippen molar-refractivity contribution in [1.82, 2.24) is 5.43 Å². The quantitative estimate of drug-likeness (QED) is 0.671. The van der Waals surface area contributed by atoms with Crippen molar-refractivity contribution in [1.29, 1.82) is 0 Å². The van der Waals surface area contributed by atoms with Crippen molar-refractivity contribution < 1.29 is 4.79 Å². The highest BCUT2D eigenvalue weighted by Crippen LogP contribution is 2.40. The molecule has 0 bridgehead atoms. The number of nitrogens with one attached hydrogen (secondary N) is 1. The zero-order chi connectivity index (χ0) is 17.6. The van der Waals surface area contributed by atoms with Crippen LogP contribution in [0.15, 0.2) is 71.6 Å². The molecule has 0 radical (unpaired) electrons. The summed E-state index contributed by atoms with van der Waals surface area (Å²) in [5, 5.41) is 4.06. The minimum atomic E-state index is -0.218. The fraction of sp³-hybridized carbons (Fsp3) is 0.200. The Morgan fingerprint density at radius 3 is 2.08 bits per heavy atom. The average molecular weight is 334 g/mol. The number of hydrogen-bond acceptors (Lipinski definition) is 4. The molecule has 0 aromatic heterocycles. The molecule has 1 aliphatic rings. The van der Waals surface area contributed by atoms with E-state index in [2.05, 4.69) is 46.3 Å². The Bertz CT molecular complexity index is 765. The number of hydrazone groups is 1. The average Bonchev–Trinajstić information content (AvgIpc) is 2.98. The highest BCUT2D eigenvalue weighted by atomic mass is 16.2. The number of carbonyl (C=O) groups is 1. The molecule has 25 heavy (non-hydrogen) atoms. The molecule has 0 saturated heterocycles. The molecule has 2 aromatic rings. The van der Waals surface area contributed by atoms with Gasteiger partial charge in [-0.05, 0) is 44.2 Å². The van der Waals surface area contributed by atoms with Gasteiger partial charge in [0.1, 0.15) is 5.82 Å². The first-order valence-corrected chi connectivity index (χ1v) is 8.49. The van der Waals surface area contributed by atoms with Crippen LogP contribution in [0.1, 0.15) is 24.2 Å². The van der Waals surface area contributed by atoms with Crippen LogP contribution in [-0.2, 0) is 0 Å². The second-order valence-electron chi connectivity index (χ2n) is 5.59. The summed E-state index contributed by atoms with van der Waals surface area (Å²) in [6.07, 6.45) is 3.56. The maximum absolute atomic E-state index is 12.0. The maximum Gasteiger partial charge on any atom is 0.271 e. The molecule has 0 unspecified atom stereocenters. The molecule has 3 rings (SSSR count). The Hall–Kier alpha value is -3.08. The van der Waals surface area contributed by atoms with Gasteiger partial charge in [-0.2, -0.15) is 5.10 Å². The van der Waals surface area contributed by atoms with Crippen molar-refractivity contribution in [3.63, 3.8) is 0 Å². The third-order valence-corrected chi connectivity index (χ3v) is 4.15. The molecule has 1 amide bonds. The number of para-hydroxylation sites is 2. The summed E-state index contributed by atoms with van der Waals surface area (Å²) in [5.74, 6) is 0.841. The standard InChI is InChI=1S/C20H22N4O/c1-3-23-17-12-8-9-13-18(17)24(4-2)19(23)14-15-21-22-20(25)16-10-6-5-7-11-16/h5-15H,3-4H2,1-2H3,(H,22,25)/b21-15+. The van der Waals surface area contributed by atoms with E-state index in [0.717, 1.165) is 18.9 Å². The number of allylic oxidation sites excluding steroid dienone is 1. The van der Waals surface area contributed by atoms with E-state index in [4.69, 9.17) is 0 Å². The van der Waals surface area contributed by atoms with Crippen molar-refractivity contribution >= 4 is 23.5 Å². The lowest BCUT2D eigenvalue weighted by Crippen LogP contribution is -2.28. The second kappa shape index (κ2) is 7.66. The molecule has 0 fully saturated rings. The van der Waals surface area contributed by atoms with Gasteiger partial charge in [0.15, 0.2) is 0 Å². The molecule has 0 saturated carbocycles. The van der Waals surface area contributed by atoms with Gasteiger partial charge in [-0.1, -0.05) is 30.3 Å². The number of carbonyl (C=O) groups excluding carboxylic acids is 1. The van der Waals surface area contributed by atoms with Crippen molar-refractivity contribution in [2.75, 3.05) is 22.9 Å². The fourth-order valence-corrected chi connectivity index (χ4v) is 3.01. The summed E-state index contributed by atoms with van der Waals surface area (Å²) >= 11 is 0. The van der Waals surface area contributed by atoms with Crippen LogP contribution in [0.3, 0.4) is 0 Å². The number of nitrogens with zero attached hydrogens (tertiary/aromatic N) is 3. The molecule has 128 valence electrons. The van der Waals surface area contributed by atoms with Crippen LogP contribution in [0.2, 0.25) is 0 Å². The minimum Gasteiger partial charge on any atom is -0.326 e. The van der Waals surface area contributed by atoms with Gasteiger partial charge in [0.2, 0.25) is 0 Å². The lowest BCUT2D eigenvalue weighted by molar-refractivity contribution is 0.0955. The van der Waals surface area contributed by atoms with Crippen molar-refractivity contribution in [3.8, 4) is 0 Å². The highest BCUT2D eigenvalue weighted by molar-refractivity contribution is 5.94. The van der Waals surface area contributed by atoms with Gasteiger partial charge in [-0.25, -0.2) is 5.43 Å². The number of hydrogen-bond donors (Lipinski definition) is 1. The van der Waals surface area contributed by atoms with Gasteiger partial charge in [-0.15, -0.1) is 0 Å². The SMILES string of the molecule is CCN1C(=C/C=N/NC(=O)c2ccccc2)N(CC)c2ccccc21. The maximum atomic E-state index is 12.0. The number of rotatable bonds is 5. The first kappa shape index (κ1) is 16.8. The van der Waals surface area contributed by atoms with Gasteiger partial charge in [0, 0.05) is 18.7 Å². The summed E-state index contributed by atoms with van der Waals surface area (Å²) in [6.45, 7) is 5.98. The predicted octanol–water partition coefficient (Wildman–Crippen LogP) is 3.61. The predicted molar refractivity (Wildman–Crippen MR) is 103 cm³/mol. The van der Waals surface area contributed by atoms with Crippen LogP contribution in [-0.4, -0.2) is 25.2 Å². The molecule has 1 heterocycles. The van der Waals surface area contributed by atoms with E-state index in [1.54, 1.807) is 18.3 Å². The van der Waals surface area contributed by atoms with Crippen LogP contribution in [0.5, 0.6) is 0 Å². The van der Waals surface area contributed by atoms with Crippen LogP contribution in [0, 0.1) is 0 Å². The largest absolute Gasteiger partial charge is 0.326 e. The van der Waals surface area contributed by atoms with Gasteiger partial charge in [-0.3, -0.25) is 4.79 Å².